The van der Waals surface area contributed by atoms with Crippen molar-refractivity contribution in [3.8, 4) is 11.3 Å². The number of aryl methyl sites for hydroxylation is 2. The van der Waals surface area contributed by atoms with Gasteiger partial charge in [-0.25, -0.2) is 14.4 Å². The Kier molecular flexibility index (Phi) is 5.38. The molecule has 0 bridgehead atoms. The highest BCUT2D eigenvalue weighted by atomic mass is 19.1. The SMILES string of the molecule is Cc1cc(-c2cnc(C)nc2C2CCCCN2C(=O)Cc2cccc(F)c2)on1. The molecule has 3 heterocycles. The van der Waals surface area contributed by atoms with Gasteiger partial charge in [0.2, 0.25) is 5.91 Å². The van der Waals surface area contributed by atoms with Gasteiger partial charge in [0, 0.05) is 18.8 Å². The molecule has 0 spiro atoms. The number of likely N-dealkylation sites (tertiary alicyclic amines) is 1. The van der Waals surface area contributed by atoms with Crippen LogP contribution in [0.15, 0.2) is 41.1 Å². The predicted octanol–water partition coefficient (Wildman–Crippen LogP) is 4.18. The van der Waals surface area contributed by atoms with Crippen molar-refractivity contribution >= 4 is 5.91 Å². The maximum atomic E-state index is 13.5. The van der Waals surface area contributed by atoms with Crippen LogP contribution >= 0.6 is 0 Å². The second-order valence-corrected chi connectivity index (χ2v) is 7.45. The van der Waals surface area contributed by atoms with E-state index < -0.39 is 0 Å². The molecule has 0 N–H and O–H groups in total. The lowest BCUT2D eigenvalue weighted by molar-refractivity contribution is -0.134. The minimum Gasteiger partial charge on any atom is -0.356 e. The molecule has 2 aromatic heterocycles. The van der Waals surface area contributed by atoms with E-state index in [-0.39, 0.29) is 24.2 Å². The van der Waals surface area contributed by atoms with Crippen molar-refractivity contribution in [2.24, 2.45) is 0 Å². The van der Waals surface area contributed by atoms with E-state index in [1.807, 2.05) is 24.8 Å². The van der Waals surface area contributed by atoms with Gasteiger partial charge >= 0.3 is 0 Å². The van der Waals surface area contributed by atoms with Gasteiger partial charge in [0.15, 0.2) is 5.76 Å². The van der Waals surface area contributed by atoms with Crippen molar-refractivity contribution in [1.82, 2.24) is 20.0 Å². The lowest BCUT2D eigenvalue weighted by Gasteiger charge is -2.36. The fourth-order valence-corrected chi connectivity index (χ4v) is 3.86. The van der Waals surface area contributed by atoms with Crippen LogP contribution in [0.3, 0.4) is 0 Å². The van der Waals surface area contributed by atoms with Crippen LogP contribution in [-0.2, 0) is 11.2 Å². The number of carbonyl (C=O) groups is 1. The van der Waals surface area contributed by atoms with Gasteiger partial charge in [-0.15, -0.1) is 0 Å². The summed E-state index contributed by atoms with van der Waals surface area (Å²) in [6.07, 6.45) is 4.65. The summed E-state index contributed by atoms with van der Waals surface area (Å²) in [5, 5.41) is 3.97. The number of carbonyl (C=O) groups excluding carboxylic acids is 1. The standard InChI is InChI=1S/C22H23FN4O2/c1-14-10-20(29-26-14)18-13-24-15(2)25-22(18)19-8-3-4-9-27(19)21(28)12-16-6-5-7-17(23)11-16/h5-7,10-11,13,19H,3-4,8-9,12H2,1-2H3. The number of nitrogens with zero attached hydrogens (tertiary/aromatic N) is 4. The first kappa shape index (κ1) is 19.2. The summed E-state index contributed by atoms with van der Waals surface area (Å²) >= 11 is 0. The number of hydrogen-bond donors (Lipinski definition) is 0. The number of benzene rings is 1. The van der Waals surface area contributed by atoms with Crippen molar-refractivity contribution in [2.45, 2.75) is 45.6 Å². The Morgan fingerprint density at radius 2 is 2.14 bits per heavy atom. The second kappa shape index (κ2) is 8.11. The van der Waals surface area contributed by atoms with E-state index in [1.165, 1.54) is 12.1 Å². The largest absolute Gasteiger partial charge is 0.356 e. The minimum absolute atomic E-state index is 0.0312. The number of rotatable bonds is 4. The Morgan fingerprint density at radius 1 is 1.28 bits per heavy atom. The summed E-state index contributed by atoms with van der Waals surface area (Å²) in [5.74, 6) is 0.875. The number of piperidine rings is 1. The summed E-state index contributed by atoms with van der Waals surface area (Å²) in [6.45, 7) is 4.34. The lowest BCUT2D eigenvalue weighted by Crippen LogP contribution is -2.40. The van der Waals surface area contributed by atoms with E-state index in [2.05, 4.69) is 15.1 Å². The Labute approximate surface area is 168 Å². The summed E-state index contributed by atoms with van der Waals surface area (Å²) in [4.78, 5) is 24.0. The normalized spacial score (nSPS) is 16.8. The van der Waals surface area contributed by atoms with Crippen molar-refractivity contribution in [1.29, 1.82) is 0 Å². The highest BCUT2D eigenvalue weighted by Crippen LogP contribution is 2.36. The Balaban J connectivity index is 1.67. The molecule has 29 heavy (non-hydrogen) atoms. The van der Waals surface area contributed by atoms with Gasteiger partial charge < -0.3 is 9.42 Å². The molecule has 3 aromatic rings. The third kappa shape index (κ3) is 4.18. The smallest absolute Gasteiger partial charge is 0.227 e. The van der Waals surface area contributed by atoms with Gasteiger partial charge in [-0.2, -0.15) is 0 Å². The fraction of sp³-hybridized carbons (Fsp3) is 0.364. The van der Waals surface area contributed by atoms with Crippen LogP contribution in [0, 0.1) is 19.7 Å². The average molecular weight is 394 g/mol. The zero-order valence-corrected chi connectivity index (χ0v) is 16.6. The summed E-state index contributed by atoms with van der Waals surface area (Å²) in [5.41, 5.74) is 2.98. The highest BCUT2D eigenvalue weighted by Gasteiger charge is 2.32. The van der Waals surface area contributed by atoms with Gasteiger partial charge in [-0.1, -0.05) is 17.3 Å². The van der Waals surface area contributed by atoms with Crippen LogP contribution in [-0.4, -0.2) is 32.5 Å². The summed E-state index contributed by atoms with van der Waals surface area (Å²) in [6, 6.07) is 7.87. The quantitative estimate of drug-likeness (QED) is 0.664. The Morgan fingerprint density at radius 3 is 2.90 bits per heavy atom. The number of amides is 1. The second-order valence-electron chi connectivity index (χ2n) is 7.45. The molecular weight excluding hydrogens is 371 g/mol. The molecule has 1 aromatic carbocycles. The molecule has 1 fully saturated rings. The van der Waals surface area contributed by atoms with Crippen LogP contribution in [0.2, 0.25) is 0 Å². The van der Waals surface area contributed by atoms with Crippen LogP contribution in [0.1, 0.15) is 48.1 Å². The maximum absolute atomic E-state index is 13.5. The monoisotopic (exact) mass is 394 g/mol. The first-order valence-corrected chi connectivity index (χ1v) is 9.82. The lowest BCUT2D eigenvalue weighted by atomic mass is 9.94. The third-order valence-corrected chi connectivity index (χ3v) is 5.22. The molecular formula is C22H23FN4O2. The molecule has 0 radical (unpaired) electrons. The van der Waals surface area contributed by atoms with Crippen molar-refractivity contribution in [2.75, 3.05) is 6.54 Å². The van der Waals surface area contributed by atoms with E-state index in [0.717, 1.165) is 36.2 Å². The van der Waals surface area contributed by atoms with Crippen LogP contribution in [0.5, 0.6) is 0 Å². The number of aromatic nitrogens is 3. The molecule has 0 saturated carbocycles. The molecule has 1 unspecified atom stereocenters. The minimum atomic E-state index is -0.333. The molecule has 7 heteroatoms. The zero-order chi connectivity index (χ0) is 20.4. The van der Waals surface area contributed by atoms with Gasteiger partial charge in [0.05, 0.1) is 29.4 Å². The van der Waals surface area contributed by atoms with E-state index >= 15 is 0 Å². The molecule has 1 amide bonds. The fourth-order valence-electron chi connectivity index (χ4n) is 3.86. The van der Waals surface area contributed by atoms with Crippen LogP contribution in [0.4, 0.5) is 4.39 Å². The summed E-state index contributed by atoms with van der Waals surface area (Å²) in [7, 11) is 0. The zero-order valence-electron chi connectivity index (χ0n) is 16.6. The van der Waals surface area contributed by atoms with Gasteiger partial charge in [0.1, 0.15) is 11.6 Å². The molecule has 150 valence electrons. The third-order valence-electron chi connectivity index (χ3n) is 5.22. The van der Waals surface area contributed by atoms with E-state index in [9.17, 15) is 9.18 Å². The van der Waals surface area contributed by atoms with Gasteiger partial charge in [0.25, 0.3) is 0 Å². The molecule has 1 atom stereocenters. The van der Waals surface area contributed by atoms with E-state index in [4.69, 9.17) is 4.52 Å². The molecule has 6 nitrogen and oxygen atoms in total. The predicted molar refractivity (Wildman–Crippen MR) is 105 cm³/mol. The van der Waals surface area contributed by atoms with Crippen molar-refractivity contribution in [3.05, 3.63) is 65.1 Å². The molecule has 4 rings (SSSR count). The molecule has 1 aliphatic rings. The molecule has 1 aliphatic heterocycles. The van der Waals surface area contributed by atoms with E-state index in [1.54, 1.807) is 18.3 Å². The summed E-state index contributed by atoms with van der Waals surface area (Å²) < 4.78 is 19.0. The first-order valence-electron chi connectivity index (χ1n) is 9.82. The van der Waals surface area contributed by atoms with E-state index in [0.29, 0.717) is 23.7 Å². The van der Waals surface area contributed by atoms with Gasteiger partial charge in [-0.05, 0) is 50.8 Å². The Hall–Kier alpha value is -3.09. The maximum Gasteiger partial charge on any atom is 0.227 e. The number of halogens is 1. The van der Waals surface area contributed by atoms with Crippen LogP contribution < -0.4 is 0 Å². The number of hydrogen-bond acceptors (Lipinski definition) is 5. The Bertz CT molecular complexity index is 1030. The van der Waals surface area contributed by atoms with Gasteiger partial charge in [-0.3, -0.25) is 4.79 Å². The van der Waals surface area contributed by atoms with Crippen molar-refractivity contribution < 1.29 is 13.7 Å². The highest BCUT2D eigenvalue weighted by molar-refractivity contribution is 5.79. The molecule has 0 aliphatic carbocycles. The van der Waals surface area contributed by atoms with Crippen molar-refractivity contribution in [3.63, 3.8) is 0 Å². The topological polar surface area (TPSA) is 72.1 Å². The van der Waals surface area contributed by atoms with Crippen LogP contribution in [0.25, 0.3) is 11.3 Å². The molecule has 1 saturated heterocycles. The average Bonchev–Trinajstić information content (AvgIpc) is 3.14. The first-order chi connectivity index (χ1) is 14.0.